The SMILES string of the molecule is C#CC1C=CC(NC(=O)c2cc(OC)ccc2NC(=O)c2ccc(C(=N)N3CCCC3)cc2F)=NC1C. The maximum Gasteiger partial charge on any atom is 0.259 e. The van der Waals surface area contributed by atoms with Gasteiger partial charge in [0.05, 0.1) is 35.9 Å². The van der Waals surface area contributed by atoms with Crippen molar-refractivity contribution >= 4 is 29.2 Å². The van der Waals surface area contributed by atoms with E-state index in [0.717, 1.165) is 25.9 Å². The molecule has 2 amide bonds. The number of dihydropyridines is 1. The highest BCUT2D eigenvalue weighted by molar-refractivity contribution is 6.15. The molecule has 8 nitrogen and oxygen atoms in total. The average molecular weight is 502 g/mol. The van der Waals surface area contributed by atoms with Crippen LogP contribution in [-0.4, -0.2) is 54.6 Å². The molecule has 2 aliphatic rings. The Morgan fingerprint density at radius 2 is 1.86 bits per heavy atom. The Kier molecular flexibility index (Phi) is 7.68. The lowest BCUT2D eigenvalue weighted by Gasteiger charge is -2.19. The van der Waals surface area contributed by atoms with Crippen LogP contribution in [0.1, 0.15) is 46.0 Å². The van der Waals surface area contributed by atoms with Crippen LogP contribution in [-0.2, 0) is 0 Å². The van der Waals surface area contributed by atoms with Gasteiger partial charge in [0.1, 0.15) is 23.2 Å². The van der Waals surface area contributed by atoms with Gasteiger partial charge in [0.15, 0.2) is 0 Å². The maximum absolute atomic E-state index is 14.9. The van der Waals surface area contributed by atoms with Gasteiger partial charge in [0, 0.05) is 18.7 Å². The van der Waals surface area contributed by atoms with E-state index in [9.17, 15) is 14.0 Å². The van der Waals surface area contributed by atoms with Crippen LogP contribution >= 0.6 is 0 Å². The van der Waals surface area contributed by atoms with Crippen molar-refractivity contribution in [1.82, 2.24) is 10.2 Å². The zero-order valence-corrected chi connectivity index (χ0v) is 20.7. The summed E-state index contributed by atoms with van der Waals surface area (Å²) in [6.07, 6.45) is 10.9. The van der Waals surface area contributed by atoms with E-state index in [2.05, 4.69) is 21.5 Å². The lowest BCUT2D eigenvalue weighted by Crippen LogP contribution is -2.33. The summed E-state index contributed by atoms with van der Waals surface area (Å²) in [5.74, 6) is 1.45. The molecule has 9 heteroatoms. The first-order valence-electron chi connectivity index (χ1n) is 12.0. The van der Waals surface area contributed by atoms with Crippen molar-refractivity contribution < 1.29 is 18.7 Å². The first kappa shape index (κ1) is 25.6. The summed E-state index contributed by atoms with van der Waals surface area (Å²) in [5.41, 5.74) is 0.492. The molecule has 2 aromatic carbocycles. The minimum Gasteiger partial charge on any atom is -0.497 e. The summed E-state index contributed by atoms with van der Waals surface area (Å²) < 4.78 is 20.2. The molecule has 0 bridgehead atoms. The number of nitrogens with one attached hydrogen (secondary N) is 3. The van der Waals surface area contributed by atoms with Crippen LogP contribution in [0.15, 0.2) is 53.5 Å². The number of hydrogen-bond donors (Lipinski definition) is 3. The number of rotatable bonds is 5. The molecule has 0 radical (unpaired) electrons. The second-order valence-electron chi connectivity index (χ2n) is 8.86. The van der Waals surface area contributed by atoms with Crippen LogP contribution in [0.4, 0.5) is 10.1 Å². The molecule has 0 aliphatic carbocycles. The van der Waals surface area contributed by atoms with E-state index in [1.165, 1.54) is 31.4 Å². The Morgan fingerprint density at radius 3 is 2.51 bits per heavy atom. The number of methoxy groups -OCH3 is 1. The molecular formula is C28H28FN5O3. The van der Waals surface area contributed by atoms with E-state index in [0.29, 0.717) is 17.1 Å². The van der Waals surface area contributed by atoms with Gasteiger partial charge in [-0.3, -0.25) is 20.0 Å². The minimum atomic E-state index is -0.753. The molecule has 4 rings (SSSR count). The third-order valence-electron chi connectivity index (χ3n) is 6.39. The Morgan fingerprint density at radius 1 is 1.14 bits per heavy atom. The highest BCUT2D eigenvalue weighted by Gasteiger charge is 2.22. The molecular weight excluding hydrogens is 473 g/mol. The summed E-state index contributed by atoms with van der Waals surface area (Å²) in [5, 5.41) is 13.7. The summed E-state index contributed by atoms with van der Waals surface area (Å²) in [4.78, 5) is 32.4. The molecule has 2 unspecified atom stereocenters. The lowest BCUT2D eigenvalue weighted by molar-refractivity contribution is 0.0977. The second kappa shape index (κ2) is 11.1. The van der Waals surface area contributed by atoms with Crippen molar-refractivity contribution in [3.8, 4) is 18.1 Å². The number of anilines is 1. The lowest BCUT2D eigenvalue weighted by atomic mass is 10.00. The number of ether oxygens (including phenoxy) is 1. The van der Waals surface area contributed by atoms with E-state index < -0.39 is 17.6 Å². The molecule has 190 valence electrons. The van der Waals surface area contributed by atoms with Crippen LogP contribution in [0, 0.1) is 29.5 Å². The Labute approximate surface area is 215 Å². The summed E-state index contributed by atoms with van der Waals surface area (Å²) in [7, 11) is 1.46. The molecule has 0 saturated carbocycles. The molecule has 2 heterocycles. The van der Waals surface area contributed by atoms with Gasteiger partial charge in [-0.15, -0.1) is 6.42 Å². The number of carbonyl (C=O) groups is 2. The van der Waals surface area contributed by atoms with Crippen LogP contribution in [0.5, 0.6) is 5.75 Å². The number of halogens is 1. The molecule has 3 N–H and O–H groups in total. The molecule has 2 aliphatic heterocycles. The molecule has 37 heavy (non-hydrogen) atoms. The van der Waals surface area contributed by atoms with E-state index in [4.69, 9.17) is 16.6 Å². The molecule has 1 saturated heterocycles. The quantitative estimate of drug-likeness (QED) is 0.329. The fraction of sp³-hybridized carbons (Fsp3) is 0.286. The smallest absolute Gasteiger partial charge is 0.259 e. The van der Waals surface area contributed by atoms with E-state index >= 15 is 0 Å². The number of amidine groups is 2. The fourth-order valence-electron chi connectivity index (χ4n) is 4.26. The standard InChI is InChI=1S/C28H28FN5O3/c1-4-18-8-12-25(31-17(18)2)33-28(36)22-16-20(37-3)9-11-24(22)32-27(35)21-10-7-19(15-23(21)29)26(30)34-13-5-6-14-34/h1,7-12,15-18,30H,5-6,13-14H2,2-3H3,(H,32,35)(H,31,33,36). The second-order valence-corrected chi connectivity index (χ2v) is 8.86. The van der Waals surface area contributed by atoms with Gasteiger partial charge in [-0.05, 0) is 56.2 Å². The summed E-state index contributed by atoms with van der Waals surface area (Å²) in [6, 6.07) is 8.46. The topological polar surface area (TPSA) is 107 Å². The number of terminal acetylenes is 1. The number of amides is 2. The Bertz CT molecular complexity index is 1340. The largest absolute Gasteiger partial charge is 0.497 e. The highest BCUT2D eigenvalue weighted by atomic mass is 19.1. The summed E-state index contributed by atoms with van der Waals surface area (Å²) in [6.45, 7) is 3.37. The van der Waals surface area contributed by atoms with Gasteiger partial charge < -0.3 is 20.3 Å². The number of likely N-dealkylation sites (tertiary alicyclic amines) is 1. The molecule has 0 spiro atoms. The molecule has 0 aromatic heterocycles. The van der Waals surface area contributed by atoms with Crippen molar-refractivity contribution in [2.75, 3.05) is 25.5 Å². The van der Waals surface area contributed by atoms with Gasteiger partial charge >= 0.3 is 0 Å². The minimum absolute atomic E-state index is 0.114. The average Bonchev–Trinajstić information content (AvgIpc) is 3.43. The monoisotopic (exact) mass is 501 g/mol. The predicted octanol–water partition coefficient (Wildman–Crippen LogP) is 3.84. The number of aliphatic imine (C=N–C) groups is 1. The van der Waals surface area contributed by atoms with Crippen LogP contribution in [0.25, 0.3) is 0 Å². The number of carbonyl (C=O) groups excluding carboxylic acids is 2. The first-order valence-corrected chi connectivity index (χ1v) is 12.0. The van der Waals surface area contributed by atoms with E-state index in [1.807, 2.05) is 11.8 Å². The highest BCUT2D eigenvalue weighted by Crippen LogP contribution is 2.24. The van der Waals surface area contributed by atoms with Crippen LogP contribution in [0.3, 0.4) is 0 Å². The van der Waals surface area contributed by atoms with Gasteiger partial charge in [0.25, 0.3) is 11.8 Å². The molecule has 2 aromatic rings. The first-order chi connectivity index (χ1) is 17.8. The van der Waals surface area contributed by atoms with Crippen molar-refractivity contribution in [1.29, 1.82) is 5.41 Å². The van der Waals surface area contributed by atoms with E-state index in [-0.39, 0.29) is 34.6 Å². The predicted molar refractivity (Wildman–Crippen MR) is 141 cm³/mol. The Balaban J connectivity index is 1.53. The Hall–Kier alpha value is -4.45. The third-order valence-corrected chi connectivity index (χ3v) is 6.39. The normalized spacial score (nSPS) is 18.5. The number of hydrogen-bond acceptors (Lipinski definition) is 5. The van der Waals surface area contributed by atoms with Crippen LogP contribution in [0.2, 0.25) is 0 Å². The number of nitrogens with zero attached hydrogens (tertiary/aromatic N) is 2. The van der Waals surface area contributed by atoms with Crippen molar-refractivity contribution in [3.63, 3.8) is 0 Å². The van der Waals surface area contributed by atoms with Gasteiger partial charge in [-0.2, -0.15) is 0 Å². The zero-order valence-electron chi connectivity index (χ0n) is 20.7. The van der Waals surface area contributed by atoms with Gasteiger partial charge in [-0.1, -0.05) is 18.1 Å². The van der Waals surface area contributed by atoms with Crippen molar-refractivity contribution in [2.24, 2.45) is 10.9 Å². The molecule has 1 fully saturated rings. The van der Waals surface area contributed by atoms with Crippen molar-refractivity contribution in [3.05, 3.63) is 71.1 Å². The number of benzene rings is 2. The maximum atomic E-state index is 14.9. The van der Waals surface area contributed by atoms with Gasteiger partial charge in [0.2, 0.25) is 0 Å². The van der Waals surface area contributed by atoms with Crippen molar-refractivity contribution in [2.45, 2.75) is 25.8 Å². The van der Waals surface area contributed by atoms with Crippen LogP contribution < -0.4 is 15.4 Å². The zero-order chi connectivity index (χ0) is 26.5. The summed E-state index contributed by atoms with van der Waals surface area (Å²) >= 11 is 0. The third kappa shape index (κ3) is 5.70. The van der Waals surface area contributed by atoms with Gasteiger partial charge in [-0.25, -0.2) is 4.39 Å². The molecule has 2 atom stereocenters. The fourth-order valence-corrected chi connectivity index (χ4v) is 4.26. The van der Waals surface area contributed by atoms with E-state index in [1.54, 1.807) is 24.3 Å².